The molecule has 2 N–H and O–H groups in total. The molecule has 27 heavy (non-hydrogen) atoms. The summed E-state index contributed by atoms with van der Waals surface area (Å²) in [5.41, 5.74) is 0.187. The molecule has 0 aromatic carbocycles. The van der Waals surface area contributed by atoms with Crippen LogP contribution in [0.3, 0.4) is 0 Å². The number of pyridine rings is 2. The van der Waals surface area contributed by atoms with Crippen molar-refractivity contribution in [2.45, 2.75) is 34.6 Å². The Balaban J connectivity index is 0. The Kier molecular flexibility index (Phi) is 12.4. The van der Waals surface area contributed by atoms with Crippen molar-refractivity contribution in [3.05, 3.63) is 64.5 Å². The minimum Gasteiger partial charge on any atom is -0.624 e. The molecule has 0 atom stereocenters. The van der Waals surface area contributed by atoms with E-state index in [-0.39, 0.29) is 44.1 Å². The predicted octanol–water partition coefficient (Wildman–Crippen LogP) is 2.79. The van der Waals surface area contributed by atoms with E-state index in [4.69, 9.17) is 0 Å². The van der Waals surface area contributed by atoms with Crippen LogP contribution in [0, 0.1) is 37.0 Å². The fraction of sp³-hybridized carbons (Fsp3) is 0.476. The summed E-state index contributed by atoms with van der Waals surface area (Å²) in [6.07, 6.45) is 0. The monoisotopic (exact) mass is 552 g/mol. The quantitative estimate of drug-likeness (QED) is 0.510. The second-order valence-corrected chi connectivity index (χ2v) is 7.02. The third-order valence-corrected chi connectivity index (χ3v) is 5.86. The topological polar surface area (TPSA) is 93.8 Å². The average molecular weight is 552 g/mol. The number of hydrogen-bond acceptors (Lipinski definition) is 2. The van der Waals surface area contributed by atoms with Gasteiger partial charge >= 0.3 is 20.1 Å². The third kappa shape index (κ3) is 6.87. The van der Waals surface area contributed by atoms with Crippen LogP contribution in [-0.2, 0) is 20.1 Å². The average Bonchev–Trinajstić information content (AvgIpc) is 2.73. The molecule has 3 rings (SSSR count). The van der Waals surface area contributed by atoms with Crippen molar-refractivity contribution in [1.82, 2.24) is 9.97 Å². The molecule has 5 nitrogen and oxygen atoms in total. The van der Waals surface area contributed by atoms with E-state index < -0.39 is 0 Å². The van der Waals surface area contributed by atoms with E-state index >= 15 is 0 Å². The Morgan fingerprint density at radius 1 is 0.630 bits per heavy atom. The van der Waals surface area contributed by atoms with Gasteiger partial charge in [-0.3, -0.25) is 0 Å². The van der Waals surface area contributed by atoms with Crippen molar-refractivity contribution >= 4 is 0 Å². The SMILES string of the molecule is CC1C(C)C(C)C(C)C1C.O.O=c1cccc(-c2cccc(=O)[n-]2)[n-]1.[CH3-].[Ir+3]. The minimum absolute atomic E-state index is 0. The first-order valence-corrected chi connectivity index (χ1v) is 8.59. The van der Waals surface area contributed by atoms with Crippen LogP contribution in [0.5, 0.6) is 0 Å². The first kappa shape index (κ1) is 27.7. The van der Waals surface area contributed by atoms with Crippen molar-refractivity contribution in [2.75, 3.05) is 0 Å². The van der Waals surface area contributed by atoms with Crippen molar-refractivity contribution in [1.29, 1.82) is 0 Å². The molecule has 0 spiro atoms. The van der Waals surface area contributed by atoms with Crippen LogP contribution in [0.4, 0.5) is 0 Å². The molecule has 2 heterocycles. The third-order valence-electron chi connectivity index (χ3n) is 5.86. The molecule has 0 aliphatic heterocycles. The van der Waals surface area contributed by atoms with Crippen LogP contribution in [0.2, 0.25) is 0 Å². The van der Waals surface area contributed by atoms with Gasteiger partial charge in [0.2, 0.25) is 0 Å². The normalized spacial score (nSPS) is 25.7. The van der Waals surface area contributed by atoms with E-state index in [1.807, 2.05) is 0 Å². The number of hydrogen-bond donors (Lipinski definition) is 0. The molecule has 2 aromatic rings. The van der Waals surface area contributed by atoms with Crippen LogP contribution in [0.15, 0.2) is 46.0 Å². The minimum atomic E-state index is -0.333. The predicted molar refractivity (Wildman–Crippen MR) is 107 cm³/mol. The molecule has 1 aliphatic rings. The maximum atomic E-state index is 10.9. The molecule has 0 saturated heterocycles. The summed E-state index contributed by atoms with van der Waals surface area (Å²) >= 11 is 0. The van der Waals surface area contributed by atoms with E-state index in [0.717, 1.165) is 29.6 Å². The molecular weight excluding hydrogens is 520 g/mol. The van der Waals surface area contributed by atoms with Gasteiger partial charge in [0, 0.05) is 0 Å². The Morgan fingerprint density at radius 2 is 0.889 bits per heavy atom. The molecule has 1 saturated carbocycles. The maximum absolute atomic E-state index is 10.9. The summed E-state index contributed by atoms with van der Waals surface area (Å²) in [7, 11) is 0. The number of rotatable bonds is 1. The van der Waals surface area contributed by atoms with Crippen molar-refractivity contribution in [2.24, 2.45) is 29.6 Å². The zero-order chi connectivity index (χ0) is 17.9. The van der Waals surface area contributed by atoms with Gasteiger partial charge in [-0.1, -0.05) is 58.9 Å². The molecular formula is C21H31IrN2O3. The van der Waals surface area contributed by atoms with Gasteiger partial charge in [0.05, 0.1) is 11.1 Å². The molecule has 6 heteroatoms. The number of nitrogens with zero attached hydrogens (tertiary/aromatic N) is 2. The zero-order valence-corrected chi connectivity index (χ0v) is 19.3. The van der Waals surface area contributed by atoms with Gasteiger partial charge in [-0.15, -0.1) is 11.4 Å². The van der Waals surface area contributed by atoms with Gasteiger partial charge in [-0.2, -0.15) is 0 Å². The Morgan fingerprint density at radius 3 is 1.11 bits per heavy atom. The van der Waals surface area contributed by atoms with Crippen molar-refractivity contribution in [3.8, 4) is 11.4 Å². The number of aromatic nitrogens is 2. The van der Waals surface area contributed by atoms with Crippen LogP contribution in [0.25, 0.3) is 11.4 Å². The summed E-state index contributed by atoms with van der Waals surface area (Å²) in [6.45, 7) is 12.0. The van der Waals surface area contributed by atoms with Gasteiger partial charge in [0.1, 0.15) is 0 Å². The summed E-state index contributed by atoms with van der Waals surface area (Å²) < 4.78 is 0. The molecule has 2 aromatic heterocycles. The standard InChI is InChI=1S/C10H8N2O2.C10H20.CH3.Ir.H2O/c13-9-5-1-3-7(11-9)8-4-2-6-10(14)12-8;1-6-7(2)9(4)10(5)8(6)3;;;/h1-6H,(H2,11,12,13,14);6-10H,1-5H3;1H3;;1H2/q;;-1;+3;/p-2. The fourth-order valence-corrected chi connectivity index (χ4v) is 3.51. The molecule has 0 unspecified atom stereocenters. The van der Waals surface area contributed by atoms with E-state index in [1.54, 1.807) is 24.3 Å². The van der Waals surface area contributed by atoms with Crippen LogP contribution in [0.1, 0.15) is 34.6 Å². The van der Waals surface area contributed by atoms with Crippen LogP contribution < -0.4 is 21.1 Å². The summed E-state index contributed by atoms with van der Waals surface area (Å²) in [6, 6.07) is 9.16. The second-order valence-electron chi connectivity index (χ2n) is 7.02. The van der Waals surface area contributed by atoms with Gasteiger partial charge in [-0.05, 0) is 41.7 Å². The van der Waals surface area contributed by atoms with Gasteiger partial charge in [-0.25, -0.2) is 0 Å². The van der Waals surface area contributed by atoms with Gasteiger partial charge in [0.15, 0.2) is 0 Å². The molecule has 0 bridgehead atoms. The van der Waals surface area contributed by atoms with Crippen molar-refractivity contribution < 1.29 is 25.6 Å². The Labute approximate surface area is 175 Å². The molecule has 1 aliphatic carbocycles. The zero-order valence-electron chi connectivity index (χ0n) is 16.9. The first-order chi connectivity index (χ1) is 11.3. The van der Waals surface area contributed by atoms with Gasteiger partial charge < -0.3 is 32.5 Å². The van der Waals surface area contributed by atoms with Crippen molar-refractivity contribution in [3.63, 3.8) is 0 Å². The van der Waals surface area contributed by atoms with Gasteiger partial charge in [0.25, 0.3) is 0 Å². The maximum Gasteiger partial charge on any atom is 3.00 e. The molecule has 0 amide bonds. The molecule has 152 valence electrons. The second kappa shape index (κ2) is 12.1. The summed E-state index contributed by atoms with van der Waals surface area (Å²) in [5, 5.41) is 0. The largest absolute Gasteiger partial charge is 3.00 e. The Bertz CT molecular complexity index is 691. The van der Waals surface area contributed by atoms with Crippen LogP contribution >= 0.6 is 0 Å². The van der Waals surface area contributed by atoms with Crippen LogP contribution in [-0.4, -0.2) is 5.48 Å². The summed E-state index contributed by atoms with van der Waals surface area (Å²) in [4.78, 5) is 29.3. The summed E-state index contributed by atoms with van der Waals surface area (Å²) in [5.74, 6) is 4.68. The van der Waals surface area contributed by atoms with E-state index in [0.29, 0.717) is 11.4 Å². The first-order valence-electron chi connectivity index (χ1n) is 8.59. The molecule has 1 fully saturated rings. The Hall–Kier alpha value is -1.49. The fourth-order valence-electron chi connectivity index (χ4n) is 3.51. The smallest absolute Gasteiger partial charge is 0.624 e. The van der Waals surface area contributed by atoms with E-state index in [2.05, 4.69) is 44.6 Å². The van der Waals surface area contributed by atoms with E-state index in [1.165, 1.54) is 12.1 Å². The van der Waals surface area contributed by atoms with E-state index in [9.17, 15) is 9.59 Å². The molecule has 0 radical (unpaired) electrons.